The Balaban J connectivity index is 1.29. The number of aromatic amines is 2. The number of morpholine rings is 1. The number of imidazole rings is 1. The number of nitrogens with one attached hydrogen (secondary N) is 3. The van der Waals surface area contributed by atoms with E-state index in [1.54, 1.807) is 12.3 Å². The molecule has 0 aliphatic carbocycles. The quantitative estimate of drug-likeness (QED) is 0.280. The fourth-order valence-corrected chi connectivity index (χ4v) is 5.69. The number of anilines is 2. The van der Waals surface area contributed by atoms with Gasteiger partial charge in [-0.1, -0.05) is 0 Å². The van der Waals surface area contributed by atoms with E-state index in [0.717, 1.165) is 63.1 Å². The average molecular weight is 566 g/mol. The summed E-state index contributed by atoms with van der Waals surface area (Å²) in [6.45, 7) is 6.00. The molecule has 2 aliphatic heterocycles. The second kappa shape index (κ2) is 9.85. The van der Waals surface area contributed by atoms with Crippen LogP contribution in [0.1, 0.15) is 22.8 Å². The van der Waals surface area contributed by atoms with Crippen LogP contribution in [0.4, 0.5) is 11.4 Å². The molecule has 2 aliphatic rings. The van der Waals surface area contributed by atoms with E-state index in [4.69, 9.17) is 14.5 Å². The molecule has 0 saturated carbocycles. The van der Waals surface area contributed by atoms with Crippen molar-refractivity contribution in [1.29, 1.82) is 0 Å². The van der Waals surface area contributed by atoms with Gasteiger partial charge in [0.1, 0.15) is 17.1 Å². The average Bonchev–Trinajstić information content (AvgIpc) is 3.55. The van der Waals surface area contributed by atoms with Gasteiger partial charge in [0.05, 0.1) is 47.1 Å². The van der Waals surface area contributed by atoms with E-state index in [0.29, 0.717) is 36.9 Å². The van der Waals surface area contributed by atoms with Crippen molar-refractivity contribution in [2.24, 2.45) is 0 Å². The summed E-state index contributed by atoms with van der Waals surface area (Å²) in [5.41, 5.74) is 6.44. The van der Waals surface area contributed by atoms with Gasteiger partial charge in [-0.2, -0.15) is 0 Å². The van der Waals surface area contributed by atoms with Crippen LogP contribution >= 0.6 is 15.9 Å². The fourth-order valence-electron chi connectivity index (χ4n) is 5.06. The number of aryl methyl sites for hydroxylation is 1. The number of rotatable bonds is 6. The Kier molecular flexibility index (Phi) is 6.39. The van der Waals surface area contributed by atoms with Crippen LogP contribution in [-0.4, -0.2) is 59.5 Å². The molecule has 0 bridgehead atoms. The Morgan fingerprint density at radius 3 is 2.89 bits per heavy atom. The number of halogens is 1. The van der Waals surface area contributed by atoms with E-state index >= 15 is 0 Å². The fraction of sp³-hybridized carbons (Fsp3) is 0.333. The lowest BCUT2D eigenvalue weighted by Crippen LogP contribution is -2.36. The van der Waals surface area contributed by atoms with Crippen LogP contribution in [0.5, 0.6) is 5.75 Å². The highest BCUT2D eigenvalue weighted by molar-refractivity contribution is 9.10. The Morgan fingerprint density at radius 1 is 1.22 bits per heavy atom. The molecular formula is C27H28BrN5O4. The van der Waals surface area contributed by atoms with Crippen LogP contribution in [-0.2, 0) is 11.2 Å². The summed E-state index contributed by atoms with van der Waals surface area (Å²) in [4.78, 5) is 26.1. The lowest BCUT2D eigenvalue weighted by atomic mass is 10.0. The summed E-state index contributed by atoms with van der Waals surface area (Å²) in [5, 5.41) is 14.2. The van der Waals surface area contributed by atoms with Crippen molar-refractivity contribution in [3.05, 3.63) is 68.0 Å². The van der Waals surface area contributed by atoms with Crippen LogP contribution in [0.2, 0.25) is 0 Å². The molecule has 1 unspecified atom stereocenters. The molecule has 1 fully saturated rings. The van der Waals surface area contributed by atoms with Crippen molar-refractivity contribution >= 4 is 38.3 Å². The molecule has 0 amide bonds. The number of ether oxygens (including phenoxy) is 2. The number of aromatic nitrogens is 3. The molecule has 1 saturated heterocycles. The van der Waals surface area contributed by atoms with Crippen LogP contribution in [0.25, 0.3) is 22.4 Å². The van der Waals surface area contributed by atoms with E-state index in [1.807, 2.05) is 19.1 Å². The number of aliphatic hydroxyl groups is 1. The lowest BCUT2D eigenvalue weighted by Gasteiger charge is -2.29. The van der Waals surface area contributed by atoms with E-state index in [2.05, 4.69) is 48.2 Å². The van der Waals surface area contributed by atoms with Crippen molar-refractivity contribution in [2.75, 3.05) is 49.7 Å². The Hall–Kier alpha value is -3.34. The molecule has 4 aromatic rings. The van der Waals surface area contributed by atoms with E-state index < -0.39 is 6.10 Å². The van der Waals surface area contributed by atoms with E-state index in [1.165, 1.54) is 0 Å². The minimum atomic E-state index is -0.775. The van der Waals surface area contributed by atoms with Gasteiger partial charge >= 0.3 is 0 Å². The number of hydrogen-bond acceptors (Lipinski definition) is 7. The largest absolute Gasteiger partial charge is 0.492 e. The molecule has 6 rings (SSSR count). The molecule has 1 atom stereocenters. The van der Waals surface area contributed by atoms with E-state index in [9.17, 15) is 9.90 Å². The van der Waals surface area contributed by atoms with Crippen molar-refractivity contribution in [2.45, 2.75) is 19.4 Å². The Morgan fingerprint density at radius 2 is 2.05 bits per heavy atom. The van der Waals surface area contributed by atoms with Gasteiger partial charge in [0, 0.05) is 37.9 Å². The molecule has 4 N–H and O–H groups in total. The Labute approximate surface area is 222 Å². The van der Waals surface area contributed by atoms with Gasteiger partial charge in [-0.3, -0.25) is 4.79 Å². The van der Waals surface area contributed by atoms with Gasteiger partial charge < -0.3 is 34.8 Å². The molecule has 37 heavy (non-hydrogen) atoms. The van der Waals surface area contributed by atoms with Gasteiger partial charge in [-0.15, -0.1) is 0 Å². The topological polar surface area (TPSA) is 115 Å². The molecule has 192 valence electrons. The zero-order chi connectivity index (χ0) is 25.5. The Bertz CT molecular complexity index is 1530. The van der Waals surface area contributed by atoms with Crippen molar-refractivity contribution in [3.8, 4) is 17.1 Å². The number of pyridine rings is 1. The minimum absolute atomic E-state index is 0.225. The molecule has 4 heterocycles. The number of nitrogens with zero attached hydrogens (tertiary/aromatic N) is 2. The number of hydrogen-bond donors (Lipinski definition) is 4. The van der Waals surface area contributed by atoms with Crippen LogP contribution < -0.4 is 20.5 Å². The van der Waals surface area contributed by atoms with Gasteiger partial charge in [0.2, 0.25) is 0 Å². The maximum absolute atomic E-state index is 12.9. The maximum atomic E-state index is 12.9. The third-order valence-electron chi connectivity index (χ3n) is 6.97. The normalized spacial score (nSPS) is 16.0. The number of aliphatic hydroxyl groups excluding tert-OH is 1. The molecular weight excluding hydrogens is 538 g/mol. The van der Waals surface area contributed by atoms with Crippen LogP contribution in [0, 0.1) is 6.92 Å². The monoisotopic (exact) mass is 565 g/mol. The molecule has 9 nitrogen and oxygen atoms in total. The standard InChI is InChI=1S/C27H28BrN5O4/c1-15-10-18(33-5-8-36-9-6-33)13-21-24(15)32-26(31-21)23-20(2-4-29-27(23)35)30-14-22(34)17-11-16-3-7-37-25(16)19(28)12-17/h2,4,10-13,22,34H,3,5-9,14H2,1H3,(H,31,32)(H2,29,30,35). The smallest absolute Gasteiger partial charge is 0.261 e. The molecule has 10 heteroatoms. The number of H-pyrrole nitrogens is 2. The maximum Gasteiger partial charge on any atom is 0.261 e. The first kappa shape index (κ1) is 24.0. The van der Waals surface area contributed by atoms with E-state index in [-0.39, 0.29) is 12.1 Å². The van der Waals surface area contributed by atoms with Gasteiger partial charge in [0.25, 0.3) is 5.56 Å². The molecule has 2 aromatic heterocycles. The summed E-state index contributed by atoms with van der Waals surface area (Å²) in [6.07, 6.45) is 1.64. The third kappa shape index (κ3) is 4.60. The minimum Gasteiger partial charge on any atom is -0.492 e. The highest BCUT2D eigenvalue weighted by atomic mass is 79.9. The van der Waals surface area contributed by atoms with Gasteiger partial charge in [0.15, 0.2) is 0 Å². The number of benzene rings is 2. The van der Waals surface area contributed by atoms with Crippen LogP contribution in [0.3, 0.4) is 0 Å². The highest BCUT2D eigenvalue weighted by Gasteiger charge is 2.21. The van der Waals surface area contributed by atoms with Gasteiger partial charge in [-0.25, -0.2) is 4.98 Å². The summed E-state index contributed by atoms with van der Waals surface area (Å²) in [7, 11) is 0. The van der Waals surface area contributed by atoms with Crippen molar-refractivity contribution in [1.82, 2.24) is 15.0 Å². The van der Waals surface area contributed by atoms with Crippen molar-refractivity contribution in [3.63, 3.8) is 0 Å². The summed E-state index contributed by atoms with van der Waals surface area (Å²) in [6, 6.07) is 9.85. The zero-order valence-corrected chi connectivity index (χ0v) is 22.0. The SMILES string of the molecule is Cc1cc(N2CCOCC2)cc2[nH]c(-c3c(NCC(O)c4cc(Br)c5c(c4)CCO5)cc[nH]c3=O)nc12. The predicted octanol–water partition coefficient (Wildman–Crippen LogP) is 3.91. The summed E-state index contributed by atoms with van der Waals surface area (Å²) in [5.74, 6) is 1.33. The molecule has 0 radical (unpaired) electrons. The summed E-state index contributed by atoms with van der Waals surface area (Å²) >= 11 is 3.54. The van der Waals surface area contributed by atoms with Gasteiger partial charge in [-0.05, 0) is 69.9 Å². The first-order valence-electron chi connectivity index (χ1n) is 12.4. The first-order valence-corrected chi connectivity index (χ1v) is 13.2. The molecule has 2 aromatic carbocycles. The third-order valence-corrected chi connectivity index (χ3v) is 7.56. The van der Waals surface area contributed by atoms with Crippen molar-refractivity contribution < 1.29 is 14.6 Å². The number of fused-ring (bicyclic) bond motifs is 2. The first-order chi connectivity index (χ1) is 18.0. The predicted molar refractivity (Wildman–Crippen MR) is 147 cm³/mol. The second-order valence-corrected chi connectivity index (χ2v) is 10.3. The van der Waals surface area contributed by atoms with Crippen LogP contribution in [0.15, 0.2) is 45.8 Å². The molecule has 0 spiro atoms. The zero-order valence-electron chi connectivity index (χ0n) is 20.4. The highest BCUT2D eigenvalue weighted by Crippen LogP contribution is 2.36. The second-order valence-electron chi connectivity index (χ2n) is 9.43. The summed E-state index contributed by atoms with van der Waals surface area (Å²) < 4.78 is 12.0. The lowest BCUT2D eigenvalue weighted by molar-refractivity contribution is 0.122.